The average Bonchev–Trinajstić information content (AvgIpc) is 3.00. The number of rotatable bonds is 3. The molecule has 108 valence electrons. The van der Waals surface area contributed by atoms with Gasteiger partial charge in [0.05, 0.1) is 6.10 Å². The van der Waals surface area contributed by atoms with Gasteiger partial charge in [-0.15, -0.1) is 0 Å². The summed E-state index contributed by atoms with van der Waals surface area (Å²) < 4.78 is 5.59. The third-order valence-corrected chi connectivity index (χ3v) is 4.22. The summed E-state index contributed by atoms with van der Waals surface area (Å²) in [5.74, 6) is 0.734. The lowest BCUT2D eigenvalue weighted by Gasteiger charge is -2.22. The van der Waals surface area contributed by atoms with Gasteiger partial charge in [0.1, 0.15) is 5.75 Å². The van der Waals surface area contributed by atoms with Crippen molar-refractivity contribution in [2.24, 2.45) is 0 Å². The van der Waals surface area contributed by atoms with Gasteiger partial charge in [-0.25, -0.2) is 0 Å². The number of aliphatic hydroxyl groups excluding tert-OH is 1. The van der Waals surface area contributed by atoms with E-state index in [9.17, 15) is 9.90 Å². The molecule has 1 aliphatic carbocycles. The fourth-order valence-corrected chi connectivity index (χ4v) is 3.04. The zero-order valence-corrected chi connectivity index (χ0v) is 11.7. The first-order valence-electron chi connectivity index (χ1n) is 7.45. The number of likely N-dealkylation sites (tertiary alicyclic amines) is 1. The monoisotopic (exact) mass is 275 g/mol. The van der Waals surface area contributed by atoms with E-state index in [1.54, 1.807) is 0 Å². The Morgan fingerprint density at radius 2 is 2.10 bits per heavy atom. The van der Waals surface area contributed by atoms with Crippen molar-refractivity contribution in [1.29, 1.82) is 0 Å². The molecule has 0 radical (unpaired) electrons. The van der Waals surface area contributed by atoms with Crippen molar-refractivity contribution < 1.29 is 14.6 Å². The smallest absolute Gasteiger partial charge is 0.260 e. The SMILES string of the molecule is O=C(COc1ccc2c(c1)[C@@H](O)CCC2)N1CCCC1. The van der Waals surface area contributed by atoms with E-state index >= 15 is 0 Å². The van der Waals surface area contributed by atoms with Crippen molar-refractivity contribution in [2.45, 2.75) is 38.2 Å². The molecule has 1 fully saturated rings. The molecule has 2 aliphatic rings. The van der Waals surface area contributed by atoms with Crippen LogP contribution in [0.5, 0.6) is 5.75 Å². The van der Waals surface area contributed by atoms with Crippen molar-refractivity contribution in [1.82, 2.24) is 4.90 Å². The first-order chi connectivity index (χ1) is 9.74. The van der Waals surface area contributed by atoms with Crippen LogP contribution in [0.1, 0.15) is 42.9 Å². The van der Waals surface area contributed by atoms with Crippen LogP contribution in [-0.2, 0) is 11.2 Å². The fraction of sp³-hybridized carbons (Fsp3) is 0.562. The molecule has 0 aromatic heterocycles. The zero-order valence-electron chi connectivity index (χ0n) is 11.7. The third-order valence-electron chi connectivity index (χ3n) is 4.22. The molecule has 0 bridgehead atoms. The Bertz CT molecular complexity index is 494. The van der Waals surface area contributed by atoms with Crippen LogP contribution in [0.3, 0.4) is 0 Å². The van der Waals surface area contributed by atoms with Crippen molar-refractivity contribution in [3.63, 3.8) is 0 Å². The Morgan fingerprint density at radius 1 is 1.30 bits per heavy atom. The molecule has 3 rings (SSSR count). The number of aliphatic hydroxyl groups is 1. The number of hydrogen-bond donors (Lipinski definition) is 1. The second-order valence-corrected chi connectivity index (χ2v) is 5.65. The predicted molar refractivity (Wildman–Crippen MR) is 75.6 cm³/mol. The third kappa shape index (κ3) is 2.80. The average molecular weight is 275 g/mol. The molecule has 4 nitrogen and oxygen atoms in total. The van der Waals surface area contributed by atoms with Gasteiger partial charge < -0.3 is 14.7 Å². The molecule has 1 heterocycles. The molecule has 0 spiro atoms. The Labute approximate surface area is 119 Å². The largest absolute Gasteiger partial charge is 0.484 e. The Hall–Kier alpha value is -1.55. The molecule has 1 amide bonds. The molecule has 1 aromatic rings. The minimum absolute atomic E-state index is 0.0563. The molecule has 20 heavy (non-hydrogen) atoms. The van der Waals surface area contributed by atoms with E-state index in [0.717, 1.165) is 50.8 Å². The lowest BCUT2D eigenvalue weighted by atomic mass is 9.89. The van der Waals surface area contributed by atoms with E-state index < -0.39 is 6.10 Å². The Morgan fingerprint density at radius 3 is 2.90 bits per heavy atom. The summed E-state index contributed by atoms with van der Waals surface area (Å²) in [5.41, 5.74) is 2.16. The van der Waals surface area contributed by atoms with E-state index in [-0.39, 0.29) is 12.5 Å². The number of benzene rings is 1. The van der Waals surface area contributed by atoms with Crippen LogP contribution in [0.15, 0.2) is 18.2 Å². The number of carbonyl (C=O) groups excluding carboxylic acids is 1. The molecule has 1 aromatic carbocycles. The van der Waals surface area contributed by atoms with Gasteiger partial charge in [0.25, 0.3) is 5.91 Å². The minimum Gasteiger partial charge on any atom is -0.484 e. The lowest BCUT2D eigenvalue weighted by Crippen LogP contribution is -2.32. The molecular weight excluding hydrogens is 254 g/mol. The van der Waals surface area contributed by atoms with Gasteiger partial charge in [0, 0.05) is 13.1 Å². The highest BCUT2D eigenvalue weighted by atomic mass is 16.5. The van der Waals surface area contributed by atoms with Crippen LogP contribution < -0.4 is 4.74 Å². The standard InChI is InChI=1S/C16H21NO3/c18-15-5-3-4-12-6-7-13(10-14(12)15)20-11-16(19)17-8-1-2-9-17/h6-7,10,15,18H,1-5,8-9,11H2/t15-/m0/s1. The predicted octanol–water partition coefficient (Wildman–Crippen LogP) is 2.06. The zero-order chi connectivity index (χ0) is 13.9. The molecule has 0 unspecified atom stereocenters. The van der Waals surface area contributed by atoms with E-state index in [1.807, 2.05) is 23.1 Å². The number of nitrogens with zero attached hydrogens (tertiary/aromatic N) is 1. The van der Waals surface area contributed by atoms with Gasteiger partial charge in [-0.1, -0.05) is 6.07 Å². The van der Waals surface area contributed by atoms with Crippen LogP contribution in [0.2, 0.25) is 0 Å². The van der Waals surface area contributed by atoms with E-state index in [1.165, 1.54) is 5.56 Å². The highest BCUT2D eigenvalue weighted by molar-refractivity contribution is 5.78. The number of carbonyl (C=O) groups is 1. The molecule has 0 saturated carbocycles. The Kier molecular flexibility index (Phi) is 3.92. The number of ether oxygens (including phenoxy) is 1. The maximum absolute atomic E-state index is 11.9. The first kappa shape index (κ1) is 13.4. The van der Waals surface area contributed by atoms with E-state index in [0.29, 0.717) is 5.75 Å². The number of hydrogen-bond acceptors (Lipinski definition) is 3. The fourth-order valence-electron chi connectivity index (χ4n) is 3.04. The highest BCUT2D eigenvalue weighted by Crippen LogP contribution is 2.32. The summed E-state index contributed by atoms with van der Waals surface area (Å²) in [6.45, 7) is 1.80. The summed E-state index contributed by atoms with van der Waals surface area (Å²) in [6.07, 6.45) is 4.65. The summed E-state index contributed by atoms with van der Waals surface area (Å²) >= 11 is 0. The summed E-state index contributed by atoms with van der Waals surface area (Å²) in [7, 11) is 0. The van der Waals surface area contributed by atoms with Crippen LogP contribution in [0.25, 0.3) is 0 Å². The van der Waals surface area contributed by atoms with Crippen LogP contribution in [0.4, 0.5) is 0 Å². The summed E-state index contributed by atoms with van der Waals surface area (Å²) in [5, 5.41) is 10.0. The number of aryl methyl sites for hydroxylation is 1. The van der Waals surface area contributed by atoms with Crippen LogP contribution >= 0.6 is 0 Å². The second kappa shape index (κ2) is 5.83. The number of fused-ring (bicyclic) bond motifs is 1. The highest BCUT2D eigenvalue weighted by Gasteiger charge is 2.20. The molecular formula is C16H21NO3. The van der Waals surface area contributed by atoms with Crippen molar-refractivity contribution in [3.8, 4) is 5.75 Å². The molecule has 1 atom stereocenters. The van der Waals surface area contributed by atoms with Crippen molar-refractivity contribution in [3.05, 3.63) is 29.3 Å². The normalized spacial score (nSPS) is 21.6. The van der Waals surface area contributed by atoms with Crippen LogP contribution in [0, 0.1) is 0 Å². The number of amides is 1. The van der Waals surface area contributed by atoms with Crippen molar-refractivity contribution in [2.75, 3.05) is 19.7 Å². The maximum atomic E-state index is 11.9. The molecule has 4 heteroatoms. The molecule has 1 saturated heterocycles. The Balaban J connectivity index is 1.63. The topological polar surface area (TPSA) is 49.8 Å². The van der Waals surface area contributed by atoms with Gasteiger partial charge in [0.15, 0.2) is 6.61 Å². The lowest BCUT2D eigenvalue weighted by molar-refractivity contribution is -0.132. The van der Waals surface area contributed by atoms with Crippen molar-refractivity contribution >= 4 is 5.91 Å². The van der Waals surface area contributed by atoms with E-state index in [2.05, 4.69) is 0 Å². The first-order valence-corrected chi connectivity index (χ1v) is 7.45. The van der Waals surface area contributed by atoms with Gasteiger partial charge >= 0.3 is 0 Å². The van der Waals surface area contributed by atoms with Crippen LogP contribution in [-0.4, -0.2) is 35.6 Å². The molecule has 1 N–H and O–H groups in total. The maximum Gasteiger partial charge on any atom is 0.260 e. The summed E-state index contributed by atoms with van der Waals surface area (Å²) in [6, 6.07) is 5.79. The summed E-state index contributed by atoms with van der Waals surface area (Å²) in [4.78, 5) is 13.8. The van der Waals surface area contributed by atoms with E-state index in [4.69, 9.17) is 4.74 Å². The molecule has 1 aliphatic heterocycles. The quantitative estimate of drug-likeness (QED) is 0.918. The van der Waals surface area contributed by atoms with Gasteiger partial charge in [-0.3, -0.25) is 4.79 Å². The van der Waals surface area contributed by atoms with Gasteiger partial charge in [-0.2, -0.15) is 0 Å². The second-order valence-electron chi connectivity index (χ2n) is 5.65. The minimum atomic E-state index is -0.392. The van der Waals surface area contributed by atoms with Gasteiger partial charge in [0.2, 0.25) is 0 Å². The van der Waals surface area contributed by atoms with Gasteiger partial charge in [-0.05, 0) is 55.4 Å².